The van der Waals surface area contributed by atoms with Crippen molar-refractivity contribution in [2.24, 2.45) is 17.3 Å². The lowest BCUT2D eigenvalue weighted by atomic mass is 9.69. The van der Waals surface area contributed by atoms with E-state index in [1.807, 2.05) is 0 Å². The van der Waals surface area contributed by atoms with Crippen LogP contribution >= 0.6 is 0 Å². The highest BCUT2D eigenvalue weighted by atomic mass is 16.5. The van der Waals surface area contributed by atoms with Gasteiger partial charge in [0.2, 0.25) is 0 Å². The number of esters is 1. The molecule has 2 fully saturated rings. The van der Waals surface area contributed by atoms with Gasteiger partial charge in [-0.15, -0.1) is 0 Å². The van der Waals surface area contributed by atoms with Gasteiger partial charge in [0.1, 0.15) is 6.10 Å². The van der Waals surface area contributed by atoms with Crippen molar-refractivity contribution in [3.8, 4) is 6.07 Å². The molecule has 0 radical (unpaired) electrons. The van der Waals surface area contributed by atoms with Gasteiger partial charge in [-0.05, 0) is 63.7 Å². The standard InChI is InChI=1S/C23H39NO2/c1-3-5-6-7-15-23(18-24)16-13-20(14-17-23)22(25)26-21-11-9-19(8-4-2)10-12-21/h19-21H,3-17H2,1-2H3. The van der Waals surface area contributed by atoms with Gasteiger partial charge in [0.15, 0.2) is 0 Å². The van der Waals surface area contributed by atoms with E-state index >= 15 is 0 Å². The van der Waals surface area contributed by atoms with E-state index in [9.17, 15) is 10.1 Å². The minimum absolute atomic E-state index is 0.0152. The average molecular weight is 362 g/mol. The molecule has 0 aromatic rings. The number of nitrogens with zero attached hydrogens (tertiary/aromatic N) is 1. The van der Waals surface area contributed by atoms with Crippen molar-refractivity contribution < 1.29 is 9.53 Å². The zero-order valence-corrected chi connectivity index (χ0v) is 17.1. The number of unbranched alkanes of at least 4 members (excludes halogenated alkanes) is 3. The first-order valence-corrected chi connectivity index (χ1v) is 11.2. The molecule has 3 heteroatoms. The van der Waals surface area contributed by atoms with Crippen LogP contribution in [0.4, 0.5) is 0 Å². The first-order valence-electron chi connectivity index (χ1n) is 11.2. The molecule has 2 aliphatic rings. The molecule has 0 heterocycles. The Labute approximate surface area is 160 Å². The zero-order chi connectivity index (χ0) is 18.8. The highest BCUT2D eigenvalue weighted by molar-refractivity contribution is 5.72. The van der Waals surface area contributed by atoms with Crippen molar-refractivity contribution in [1.82, 2.24) is 0 Å². The fourth-order valence-corrected chi connectivity index (χ4v) is 4.92. The Kier molecular flexibility index (Phi) is 8.96. The number of rotatable bonds is 9. The highest BCUT2D eigenvalue weighted by Gasteiger charge is 2.38. The van der Waals surface area contributed by atoms with Crippen molar-refractivity contribution in [2.45, 2.75) is 116 Å². The van der Waals surface area contributed by atoms with E-state index in [4.69, 9.17) is 4.74 Å². The van der Waals surface area contributed by atoms with Crippen LogP contribution in [-0.4, -0.2) is 12.1 Å². The Hall–Kier alpha value is -1.04. The molecular formula is C23H39NO2. The van der Waals surface area contributed by atoms with Gasteiger partial charge in [-0.1, -0.05) is 52.4 Å². The van der Waals surface area contributed by atoms with E-state index in [2.05, 4.69) is 19.9 Å². The Balaban J connectivity index is 1.71. The minimum atomic E-state index is -0.178. The monoisotopic (exact) mass is 361 g/mol. The lowest BCUT2D eigenvalue weighted by Crippen LogP contribution is -2.33. The Morgan fingerprint density at radius 2 is 1.69 bits per heavy atom. The zero-order valence-electron chi connectivity index (χ0n) is 17.1. The third-order valence-corrected chi connectivity index (χ3v) is 6.80. The van der Waals surface area contributed by atoms with E-state index < -0.39 is 0 Å². The smallest absolute Gasteiger partial charge is 0.309 e. The van der Waals surface area contributed by atoms with Crippen LogP contribution in [0.25, 0.3) is 0 Å². The summed E-state index contributed by atoms with van der Waals surface area (Å²) in [7, 11) is 0. The Bertz CT molecular complexity index is 451. The summed E-state index contributed by atoms with van der Waals surface area (Å²) in [4.78, 5) is 12.6. The molecule has 2 rings (SSSR count). The maximum atomic E-state index is 12.6. The van der Waals surface area contributed by atoms with Crippen molar-refractivity contribution in [2.75, 3.05) is 0 Å². The van der Waals surface area contributed by atoms with Crippen LogP contribution in [0.3, 0.4) is 0 Å². The molecule has 0 saturated heterocycles. The number of hydrogen-bond acceptors (Lipinski definition) is 3. The van der Waals surface area contributed by atoms with Crippen LogP contribution in [0.5, 0.6) is 0 Å². The molecule has 0 aromatic carbocycles. The van der Waals surface area contributed by atoms with E-state index in [1.165, 1.54) is 44.9 Å². The van der Waals surface area contributed by atoms with Gasteiger partial charge in [0.25, 0.3) is 0 Å². The van der Waals surface area contributed by atoms with Gasteiger partial charge in [0, 0.05) is 0 Å². The van der Waals surface area contributed by atoms with E-state index in [0.717, 1.165) is 57.3 Å². The molecule has 0 spiro atoms. The quantitative estimate of drug-likeness (QED) is 0.345. The molecule has 0 unspecified atom stereocenters. The van der Waals surface area contributed by atoms with Crippen molar-refractivity contribution in [3.63, 3.8) is 0 Å². The summed E-state index contributed by atoms with van der Waals surface area (Å²) in [5, 5.41) is 9.69. The third kappa shape index (κ3) is 6.29. The van der Waals surface area contributed by atoms with Crippen molar-refractivity contribution in [1.29, 1.82) is 5.26 Å². The number of hydrogen-bond donors (Lipinski definition) is 0. The number of nitriles is 1. The maximum absolute atomic E-state index is 12.6. The first-order chi connectivity index (χ1) is 12.6. The summed E-state index contributed by atoms with van der Waals surface area (Å²) in [6, 6.07) is 2.60. The molecular weight excluding hydrogens is 322 g/mol. The van der Waals surface area contributed by atoms with Gasteiger partial charge < -0.3 is 4.74 Å². The van der Waals surface area contributed by atoms with Crippen LogP contribution in [-0.2, 0) is 9.53 Å². The summed E-state index contributed by atoms with van der Waals surface area (Å²) < 4.78 is 5.85. The second-order valence-electron chi connectivity index (χ2n) is 8.85. The van der Waals surface area contributed by atoms with E-state index in [0.29, 0.717) is 0 Å². The third-order valence-electron chi connectivity index (χ3n) is 6.80. The maximum Gasteiger partial charge on any atom is 0.309 e. The predicted octanol–water partition coefficient (Wildman–Crippen LogP) is 6.56. The number of carbonyl (C=O) groups is 1. The van der Waals surface area contributed by atoms with Crippen LogP contribution < -0.4 is 0 Å². The number of carbonyl (C=O) groups excluding carboxylic acids is 1. The van der Waals surface area contributed by atoms with Crippen molar-refractivity contribution in [3.05, 3.63) is 0 Å². The van der Waals surface area contributed by atoms with Gasteiger partial charge in [-0.25, -0.2) is 0 Å². The molecule has 26 heavy (non-hydrogen) atoms. The van der Waals surface area contributed by atoms with Crippen LogP contribution in [0.15, 0.2) is 0 Å². The van der Waals surface area contributed by atoms with Crippen LogP contribution in [0.1, 0.15) is 110 Å². The molecule has 0 N–H and O–H groups in total. The minimum Gasteiger partial charge on any atom is -0.462 e. The molecule has 148 valence electrons. The average Bonchev–Trinajstić information content (AvgIpc) is 2.67. The lowest BCUT2D eigenvalue weighted by molar-refractivity contribution is -0.157. The summed E-state index contributed by atoms with van der Waals surface area (Å²) >= 11 is 0. The van der Waals surface area contributed by atoms with Gasteiger partial charge in [-0.2, -0.15) is 5.26 Å². The highest BCUT2D eigenvalue weighted by Crippen LogP contribution is 2.43. The molecule has 0 aliphatic heterocycles. The van der Waals surface area contributed by atoms with Crippen LogP contribution in [0.2, 0.25) is 0 Å². The second-order valence-corrected chi connectivity index (χ2v) is 8.85. The Morgan fingerprint density at radius 3 is 2.27 bits per heavy atom. The van der Waals surface area contributed by atoms with E-state index in [1.54, 1.807) is 0 Å². The van der Waals surface area contributed by atoms with Crippen molar-refractivity contribution >= 4 is 5.97 Å². The van der Waals surface area contributed by atoms with Gasteiger partial charge in [0.05, 0.1) is 17.4 Å². The fraction of sp³-hybridized carbons (Fsp3) is 0.913. The Morgan fingerprint density at radius 1 is 1.00 bits per heavy atom. The normalized spacial score (nSPS) is 32.0. The molecule has 2 saturated carbocycles. The SMILES string of the molecule is CCCCCCC1(C#N)CCC(C(=O)OC2CCC(CCC)CC2)CC1. The molecule has 0 aromatic heterocycles. The topological polar surface area (TPSA) is 50.1 Å². The molecule has 0 amide bonds. The largest absolute Gasteiger partial charge is 0.462 e. The number of ether oxygens (including phenoxy) is 1. The fourth-order valence-electron chi connectivity index (χ4n) is 4.92. The summed E-state index contributed by atoms with van der Waals surface area (Å²) in [6.07, 6.45) is 16.5. The van der Waals surface area contributed by atoms with Gasteiger partial charge in [-0.3, -0.25) is 4.79 Å². The van der Waals surface area contributed by atoms with Crippen LogP contribution in [0, 0.1) is 28.6 Å². The van der Waals surface area contributed by atoms with Gasteiger partial charge >= 0.3 is 5.97 Å². The first kappa shape index (κ1) is 21.3. The lowest BCUT2D eigenvalue weighted by Gasteiger charge is -2.35. The van der Waals surface area contributed by atoms with E-state index in [-0.39, 0.29) is 23.4 Å². The molecule has 0 bridgehead atoms. The summed E-state index contributed by atoms with van der Waals surface area (Å²) in [5.74, 6) is 0.885. The second kappa shape index (κ2) is 11.0. The molecule has 3 nitrogen and oxygen atoms in total. The molecule has 2 aliphatic carbocycles. The summed E-state index contributed by atoms with van der Waals surface area (Å²) in [5.41, 5.74) is -0.178. The molecule has 0 atom stereocenters. The summed E-state index contributed by atoms with van der Waals surface area (Å²) in [6.45, 7) is 4.47. The predicted molar refractivity (Wildman–Crippen MR) is 106 cm³/mol.